The van der Waals surface area contributed by atoms with Gasteiger partial charge < -0.3 is 10.0 Å². The number of hydrogen-bond acceptors (Lipinski definition) is 3. The zero-order valence-corrected chi connectivity index (χ0v) is 17.0. The van der Waals surface area contributed by atoms with E-state index in [9.17, 15) is 5.11 Å². The number of nitrogens with zero attached hydrogens (tertiary/aromatic N) is 2. The minimum absolute atomic E-state index is 0.276. The van der Waals surface area contributed by atoms with Crippen LogP contribution in [0.5, 0.6) is 5.75 Å². The fraction of sp³-hybridized carbons (Fsp3) is 0.192. The van der Waals surface area contributed by atoms with Crippen LogP contribution in [0.2, 0.25) is 0 Å². The normalized spacial score (nSPS) is 15.4. The van der Waals surface area contributed by atoms with Crippen molar-refractivity contribution >= 4 is 27.8 Å². The van der Waals surface area contributed by atoms with Crippen molar-refractivity contribution in [3.05, 3.63) is 90.0 Å². The number of phenols is 1. The number of phenolic OH excluding ortho intramolecular Hbond substituents is 1. The number of aromatic hydroxyl groups is 1. The van der Waals surface area contributed by atoms with Gasteiger partial charge in [-0.25, -0.2) is 0 Å². The van der Waals surface area contributed by atoms with Gasteiger partial charge in [-0.15, -0.1) is 0 Å². The predicted octanol–water partition coefficient (Wildman–Crippen LogP) is 3.43. The zero-order chi connectivity index (χ0) is 20.3. The SMILES string of the molecule is Oc1ccc2ccccc2c1/C=N/N1CC[NH+](Cc2cccc3ccccc23)CC1. The van der Waals surface area contributed by atoms with Gasteiger partial charge in [-0.05, 0) is 27.6 Å². The summed E-state index contributed by atoms with van der Waals surface area (Å²) in [7, 11) is 0. The summed E-state index contributed by atoms with van der Waals surface area (Å²) in [4.78, 5) is 1.59. The molecule has 0 aromatic heterocycles. The van der Waals surface area contributed by atoms with Gasteiger partial charge in [0.25, 0.3) is 0 Å². The first-order valence-corrected chi connectivity index (χ1v) is 10.6. The Kier molecular flexibility index (Phi) is 5.08. The molecule has 0 amide bonds. The van der Waals surface area contributed by atoms with Gasteiger partial charge in [-0.3, -0.25) is 5.01 Å². The van der Waals surface area contributed by atoms with Crippen LogP contribution in [-0.2, 0) is 6.54 Å². The van der Waals surface area contributed by atoms with Crippen molar-refractivity contribution in [1.82, 2.24) is 5.01 Å². The second-order valence-electron chi connectivity index (χ2n) is 7.98. The maximum Gasteiger partial charge on any atom is 0.125 e. The van der Waals surface area contributed by atoms with Crippen molar-refractivity contribution in [2.24, 2.45) is 5.10 Å². The summed E-state index contributed by atoms with van der Waals surface area (Å²) in [5, 5.41) is 21.9. The second kappa shape index (κ2) is 8.17. The van der Waals surface area contributed by atoms with Crippen molar-refractivity contribution < 1.29 is 10.0 Å². The molecular formula is C26H26N3O+. The summed E-state index contributed by atoms with van der Waals surface area (Å²) in [5.41, 5.74) is 2.21. The van der Waals surface area contributed by atoms with Crippen molar-refractivity contribution in [3.63, 3.8) is 0 Å². The Hall–Kier alpha value is -3.37. The Labute approximate surface area is 176 Å². The number of quaternary nitrogens is 1. The molecule has 0 saturated carbocycles. The quantitative estimate of drug-likeness (QED) is 0.519. The van der Waals surface area contributed by atoms with Crippen LogP contribution >= 0.6 is 0 Å². The van der Waals surface area contributed by atoms with Gasteiger partial charge >= 0.3 is 0 Å². The molecule has 4 aromatic rings. The highest BCUT2D eigenvalue weighted by Crippen LogP contribution is 2.25. The molecule has 5 rings (SSSR count). The van der Waals surface area contributed by atoms with Crippen LogP contribution in [0.1, 0.15) is 11.1 Å². The molecule has 1 fully saturated rings. The molecule has 4 aromatic carbocycles. The van der Waals surface area contributed by atoms with Crippen molar-refractivity contribution in [2.45, 2.75) is 6.54 Å². The number of nitrogens with one attached hydrogen (secondary N) is 1. The highest BCUT2D eigenvalue weighted by atomic mass is 16.3. The topological polar surface area (TPSA) is 40.3 Å². The summed E-state index contributed by atoms with van der Waals surface area (Å²) < 4.78 is 0. The lowest BCUT2D eigenvalue weighted by molar-refractivity contribution is -0.918. The van der Waals surface area contributed by atoms with Crippen LogP contribution in [0.15, 0.2) is 84.0 Å². The van der Waals surface area contributed by atoms with Gasteiger partial charge in [0.05, 0.1) is 32.4 Å². The summed E-state index contributed by atoms with van der Waals surface area (Å²) in [6.07, 6.45) is 1.81. The van der Waals surface area contributed by atoms with Gasteiger partial charge in [0, 0.05) is 11.1 Å². The first-order chi connectivity index (χ1) is 14.8. The van der Waals surface area contributed by atoms with Crippen molar-refractivity contribution in [3.8, 4) is 5.75 Å². The van der Waals surface area contributed by atoms with Gasteiger partial charge in [0.1, 0.15) is 12.3 Å². The molecule has 0 atom stereocenters. The van der Waals surface area contributed by atoms with Crippen molar-refractivity contribution in [1.29, 1.82) is 0 Å². The minimum atomic E-state index is 0.276. The molecule has 1 saturated heterocycles. The van der Waals surface area contributed by atoms with E-state index in [1.807, 2.05) is 30.5 Å². The number of benzene rings is 4. The maximum atomic E-state index is 10.3. The fourth-order valence-electron chi connectivity index (χ4n) is 4.38. The average Bonchev–Trinajstić information content (AvgIpc) is 2.80. The Balaban J connectivity index is 1.26. The van der Waals surface area contributed by atoms with Gasteiger partial charge in [-0.1, -0.05) is 72.8 Å². The molecule has 4 heteroatoms. The van der Waals surface area contributed by atoms with E-state index < -0.39 is 0 Å². The Morgan fingerprint density at radius 1 is 0.800 bits per heavy atom. The van der Waals surface area contributed by atoms with E-state index >= 15 is 0 Å². The van der Waals surface area contributed by atoms with Gasteiger partial charge in [0.15, 0.2) is 0 Å². The highest BCUT2D eigenvalue weighted by molar-refractivity contribution is 6.02. The smallest absolute Gasteiger partial charge is 0.125 e. The Morgan fingerprint density at radius 2 is 1.47 bits per heavy atom. The summed E-state index contributed by atoms with van der Waals surface area (Å²) in [5.74, 6) is 0.276. The van der Waals surface area contributed by atoms with Gasteiger partial charge in [-0.2, -0.15) is 5.10 Å². The van der Waals surface area contributed by atoms with Crippen LogP contribution in [0.4, 0.5) is 0 Å². The second-order valence-corrected chi connectivity index (χ2v) is 7.98. The van der Waals surface area contributed by atoms with Crippen LogP contribution < -0.4 is 4.90 Å². The molecule has 0 unspecified atom stereocenters. The standard InChI is InChI=1S/C26H25N3O/c30-26-13-12-21-7-2-4-11-24(21)25(26)18-27-29-16-14-28(15-17-29)19-22-9-5-8-20-6-1-3-10-23(20)22/h1-13,18,30H,14-17,19H2/p+1/b27-18+. The third-order valence-electron chi connectivity index (χ3n) is 6.07. The molecule has 150 valence electrons. The van der Waals surface area contributed by atoms with E-state index in [0.717, 1.165) is 49.1 Å². The molecule has 0 bridgehead atoms. The number of rotatable bonds is 4. The average molecular weight is 397 g/mol. The number of fused-ring (bicyclic) bond motifs is 2. The van der Waals surface area contributed by atoms with Crippen LogP contribution in [0.25, 0.3) is 21.5 Å². The number of piperazine rings is 1. The van der Waals surface area contributed by atoms with E-state index in [0.29, 0.717) is 0 Å². The molecule has 0 radical (unpaired) electrons. The fourth-order valence-corrected chi connectivity index (χ4v) is 4.38. The minimum Gasteiger partial charge on any atom is -0.507 e. The molecule has 0 aliphatic carbocycles. The first kappa shape index (κ1) is 18.6. The molecule has 1 aliphatic rings. The van der Waals surface area contributed by atoms with Crippen LogP contribution in [0.3, 0.4) is 0 Å². The van der Waals surface area contributed by atoms with E-state index in [-0.39, 0.29) is 5.75 Å². The van der Waals surface area contributed by atoms with E-state index in [1.54, 1.807) is 11.0 Å². The van der Waals surface area contributed by atoms with E-state index in [4.69, 9.17) is 5.10 Å². The van der Waals surface area contributed by atoms with Crippen molar-refractivity contribution in [2.75, 3.05) is 26.2 Å². The first-order valence-electron chi connectivity index (χ1n) is 10.6. The number of hydrogen-bond donors (Lipinski definition) is 2. The number of hydrazone groups is 1. The van der Waals surface area contributed by atoms with Gasteiger partial charge in [0.2, 0.25) is 0 Å². The lowest BCUT2D eigenvalue weighted by atomic mass is 10.0. The van der Waals surface area contributed by atoms with Crippen LogP contribution in [-0.4, -0.2) is 42.5 Å². The lowest BCUT2D eigenvalue weighted by Crippen LogP contribution is -3.13. The summed E-state index contributed by atoms with van der Waals surface area (Å²) in [6, 6.07) is 27.0. The highest BCUT2D eigenvalue weighted by Gasteiger charge is 2.19. The molecule has 4 nitrogen and oxygen atoms in total. The maximum absolute atomic E-state index is 10.3. The summed E-state index contributed by atoms with van der Waals surface area (Å²) >= 11 is 0. The summed E-state index contributed by atoms with van der Waals surface area (Å²) in [6.45, 7) is 5.00. The third-order valence-corrected chi connectivity index (χ3v) is 6.07. The zero-order valence-electron chi connectivity index (χ0n) is 17.0. The molecule has 1 heterocycles. The third kappa shape index (κ3) is 3.74. The Bertz CT molecular complexity index is 1200. The molecule has 1 aliphatic heterocycles. The van der Waals surface area contributed by atoms with Crippen LogP contribution in [0, 0.1) is 0 Å². The van der Waals surface area contributed by atoms with E-state index in [1.165, 1.54) is 16.3 Å². The van der Waals surface area contributed by atoms with E-state index in [2.05, 4.69) is 53.5 Å². The monoisotopic (exact) mass is 396 g/mol. The molecule has 0 spiro atoms. The molecule has 2 N–H and O–H groups in total. The largest absolute Gasteiger partial charge is 0.507 e. The molecule has 30 heavy (non-hydrogen) atoms. The Morgan fingerprint density at radius 3 is 2.27 bits per heavy atom. The molecular weight excluding hydrogens is 370 g/mol. The lowest BCUT2D eigenvalue weighted by Gasteiger charge is -2.30. The predicted molar refractivity (Wildman–Crippen MR) is 123 cm³/mol.